The number of aromatic hydroxyl groups is 1. The number of nitrogens with zero attached hydrogens (tertiary/aromatic N) is 1. The van der Waals surface area contributed by atoms with Crippen LogP contribution < -0.4 is 20.9 Å². The minimum absolute atomic E-state index is 0.0504. The number of nitrogens with one attached hydrogen (secondary N) is 3. The van der Waals surface area contributed by atoms with Crippen LogP contribution in [0.25, 0.3) is 10.9 Å². The third-order valence-corrected chi connectivity index (χ3v) is 11.6. The van der Waals surface area contributed by atoms with Crippen molar-refractivity contribution in [1.82, 2.24) is 20.5 Å². The number of carbonyl (C=O) groups is 2. The van der Waals surface area contributed by atoms with E-state index < -0.39 is 24.2 Å². The second-order valence-corrected chi connectivity index (χ2v) is 15.8. The van der Waals surface area contributed by atoms with E-state index in [-0.39, 0.29) is 37.2 Å². The van der Waals surface area contributed by atoms with Gasteiger partial charge in [0.1, 0.15) is 24.2 Å². The number of aliphatic hydroxyl groups is 1. The van der Waals surface area contributed by atoms with Crippen LogP contribution in [0.4, 0.5) is 4.79 Å². The molecule has 4 heterocycles. The number of amides is 1. The quantitative estimate of drug-likeness (QED) is 0.0647. The van der Waals surface area contributed by atoms with Crippen LogP contribution in [0, 0.1) is 5.92 Å². The van der Waals surface area contributed by atoms with E-state index in [9.17, 15) is 24.6 Å². The minimum Gasteiger partial charge on any atom is -0.506 e. The van der Waals surface area contributed by atoms with E-state index in [4.69, 9.17) is 14.2 Å². The number of pyridine rings is 1. The van der Waals surface area contributed by atoms with Gasteiger partial charge in [-0.3, -0.25) is 9.69 Å². The molecule has 12 heteroatoms. The molecule has 1 amide bonds. The van der Waals surface area contributed by atoms with Gasteiger partial charge in [-0.25, -0.2) is 9.59 Å². The topological polar surface area (TPSA) is 162 Å². The number of hydrogen-bond acceptors (Lipinski definition) is 10. The molecule has 2 bridgehead atoms. The van der Waals surface area contributed by atoms with Crippen LogP contribution in [0.15, 0.2) is 132 Å². The van der Waals surface area contributed by atoms with Gasteiger partial charge in [-0.15, -0.1) is 0 Å². The lowest BCUT2D eigenvalue weighted by Crippen LogP contribution is -2.52. The van der Waals surface area contributed by atoms with Crippen molar-refractivity contribution in [2.24, 2.45) is 5.92 Å². The van der Waals surface area contributed by atoms with Gasteiger partial charge in [0, 0.05) is 37.5 Å². The van der Waals surface area contributed by atoms with E-state index >= 15 is 0 Å². The van der Waals surface area contributed by atoms with Gasteiger partial charge in [-0.1, -0.05) is 84.9 Å². The van der Waals surface area contributed by atoms with Gasteiger partial charge >= 0.3 is 12.1 Å². The Morgan fingerprint density at radius 3 is 2.31 bits per heavy atom. The number of fused-ring (bicyclic) bond motifs is 4. The van der Waals surface area contributed by atoms with Gasteiger partial charge in [0.15, 0.2) is 0 Å². The summed E-state index contributed by atoms with van der Waals surface area (Å²) in [7, 11) is 0. The molecule has 3 aliphatic heterocycles. The van der Waals surface area contributed by atoms with Gasteiger partial charge in [0.05, 0.1) is 29.8 Å². The molecule has 0 aliphatic carbocycles. The molecule has 61 heavy (non-hydrogen) atoms. The molecule has 3 atom stereocenters. The number of ether oxygens (including phenoxy) is 3. The Bertz CT molecular complexity index is 2480. The zero-order valence-corrected chi connectivity index (χ0v) is 33.8. The van der Waals surface area contributed by atoms with Gasteiger partial charge in [-0.05, 0) is 102 Å². The average molecular weight is 823 g/mol. The van der Waals surface area contributed by atoms with Crippen molar-refractivity contribution in [2.45, 2.75) is 50.7 Å². The molecule has 9 rings (SSSR count). The standard InChI is InChI=1S/C49H50N4O8/c54-42-19-17-40(41-18-20-45(56)51-47(41)42)43(55)29-50-28-33-11-9-32(10-12-33)23-26-59-48(57)37-15-13-34(14-16-37)31-60-39-8-4-7-38(27-39)46(36-5-2-1-3-6-36)52-49(58)61-44-30-53-24-21-35(44)22-25-53/h1-20,27,35,43-44,46,50,54-55H,21-26,28-31H2,(H,51,56)(H,52,58)/t43-,44-,46-/m0/s1. The average Bonchev–Trinajstić information content (AvgIpc) is 3.29. The molecular weight excluding hydrogens is 773 g/mol. The number of carbonyl (C=O) groups excluding carboxylic acids is 2. The number of aliphatic hydroxyl groups excluding tert-OH is 1. The third kappa shape index (κ3) is 10.5. The Labute approximate surface area is 354 Å². The predicted molar refractivity (Wildman–Crippen MR) is 231 cm³/mol. The normalized spacial score (nSPS) is 18.0. The summed E-state index contributed by atoms with van der Waals surface area (Å²) < 4.78 is 17.7. The van der Waals surface area contributed by atoms with Crippen LogP contribution in [-0.2, 0) is 29.0 Å². The summed E-state index contributed by atoms with van der Waals surface area (Å²) in [5.41, 5.74) is 5.76. The lowest BCUT2D eigenvalue weighted by Gasteiger charge is -2.43. The summed E-state index contributed by atoms with van der Waals surface area (Å²) in [4.78, 5) is 42.8. The van der Waals surface area contributed by atoms with E-state index in [2.05, 4.69) is 20.5 Å². The van der Waals surface area contributed by atoms with Gasteiger partial charge < -0.3 is 40.0 Å². The second kappa shape index (κ2) is 19.3. The molecule has 3 saturated heterocycles. The zero-order valence-electron chi connectivity index (χ0n) is 33.8. The minimum atomic E-state index is -0.850. The lowest BCUT2D eigenvalue weighted by molar-refractivity contribution is -0.0336. The fourth-order valence-electron chi connectivity index (χ4n) is 8.21. The van der Waals surface area contributed by atoms with Gasteiger partial charge in [0.2, 0.25) is 5.56 Å². The van der Waals surface area contributed by atoms with Crippen LogP contribution in [0.3, 0.4) is 0 Å². The Morgan fingerprint density at radius 2 is 1.56 bits per heavy atom. The van der Waals surface area contributed by atoms with Crippen molar-refractivity contribution in [2.75, 3.05) is 32.8 Å². The Kier molecular flexibility index (Phi) is 13.0. The largest absolute Gasteiger partial charge is 0.506 e. The maximum atomic E-state index is 13.2. The maximum absolute atomic E-state index is 13.2. The number of benzene rings is 5. The molecule has 3 aliphatic rings. The Balaban J connectivity index is 0.780. The highest BCUT2D eigenvalue weighted by atomic mass is 16.6. The van der Waals surface area contributed by atoms with Crippen molar-refractivity contribution in [3.63, 3.8) is 0 Å². The number of rotatable bonds is 16. The molecule has 1 aromatic heterocycles. The van der Waals surface area contributed by atoms with E-state index in [1.54, 1.807) is 24.3 Å². The summed E-state index contributed by atoms with van der Waals surface area (Å²) in [6, 6.07) is 38.3. The lowest BCUT2D eigenvalue weighted by atomic mass is 9.86. The molecule has 5 aromatic carbocycles. The van der Waals surface area contributed by atoms with Crippen molar-refractivity contribution in [3.05, 3.63) is 177 Å². The molecule has 5 N–H and O–H groups in total. The fraction of sp³-hybridized carbons (Fsp3) is 0.286. The first-order valence-electron chi connectivity index (χ1n) is 20.8. The molecule has 314 valence electrons. The molecule has 12 nitrogen and oxygen atoms in total. The predicted octanol–water partition coefficient (Wildman–Crippen LogP) is 6.95. The molecule has 0 spiro atoms. The summed E-state index contributed by atoms with van der Waals surface area (Å²) in [5.74, 6) is 0.614. The first-order chi connectivity index (χ1) is 29.8. The number of H-pyrrole nitrogens is 1. The molecular formula is C49H50N4O8. The van der Waals surface area contributed by atoms with Crippen LogP contribution in [0.5, 0.6) is 11.5 Å². The summed E-state index contributed by atoms with van der Waals surface area (Å²) >= 11 is 0. The first kappa shape index (κ1) is 41.3. The number of alkyl carbamates (subject to hydrolysis) is 1. The monoisotopic (exact) mass is 822 g/mol. The van der Waals surface area contributed by atoms with Gasteiger partial charge in [-0.2, -0.15) is 0 Å². The highest BCUT2D eigenvalue weighted by Gasteiger charge is 2.37. The first-order valence-corrected chi connectivity index (χ1v) is 20.8. The number of aromatic nitrogens is 1. The molecule has 6 aromatic rings. The number of esters is 1. The van der Waals surface area contributed by atoms with E-state index in [1.165, 1.54) is 12.1 Å². The van der Waals surface area contributed by atoms with Crippen molar-refractivity contribution in [3.8, 4) is 11.5 Å². The van der Waals surface area contributed by atoms with E-state index in [1.807, 2.05) is 91.0 Å². The van der Waals surface area contributed by atoms with Crippen molar-refractivity contribution >= 4 is 23.0 Å². The number of phenols is 1. The van der Waals surface area contributed by atoms with Crippen LogP contribution in [0.2, 0.25) is 0 Å². The van der Waals surface area contributed by atoms with E-state index in [0.29, 0.717) is 46.7 Å². The SMILES string of the molecule is O=C(N[C@@H](c1ccccc1)c1cccc(OCc2ccc(C(=O)OCCc3ccc(CNC[C@H](O)c4ccc(O)c5[nH]c(=O)ccc45)cc3)cc2)c1)O[C@H]1CN2CCC1CC2. The highest BCUT2D eigenvalue weighted by molar-refractivity contribution is 5.89. The fourth-order valence-corrected chi connectivity index (χ4v) is 8.21. The summed E-state index contributed by atoms with van der Waals surface area (Å²) in [5, 5.41) is 27.9. The highest BCUT2D eigenvalue weighted by Crippen LogP contribution is 2.31. The Hall–Kier alpha value is -6.47. The van der Waals surface area contributed by atoms with E-state index in [0.717, 1.165) is 60.3 Å². The second-order valence-electron chi connectivity index (χ2n) is 15.8. The van der Waals surface area contributed by atoms with Crippen molar-refractivity contribution < 1.29 is 34.0 Å². The maximum Gasteiger partial charge on any atom is 0.408 e. The molecule has 0 saturated carbocycles. The smallest absolute Gasteiger partial charge is 0.408 e. The van der Waals surface area contributed by atoms with Crippen LogP contribution in [0.1, 0.15) is 68.7 Å². The third-order valence-electron chi connectivity index (χ3n) is 11.6. The van der Waals surface area contributed by atoms with Gasteiger partial charge in [0.25, 0.3) is 0 Å². The summed E-state index contributed by atoms with van der Waals surface area (Å²) in [6.07, 6.45) is 1.33. The summed E-state index contributed by atoms with van der Waals surface area (Å²) in [6.45, 7) is 4.26. The van der Waals surface area contributed by atoms with Crippen molar-refractivity contribution in [1.29, 1.82) is 0 Å². The molecule has 0 unspecified atom stereocenters. The molecule has 0 radical (unpaired) electrons. The molecule has 3 fully saturated rings. The van der Waals surface area contributed by atoms with Crippen LogP contribution >= 0.6 is 0 Å². The number of hydrogen-bond donors (Lipinski definition) is 5. The number of piperidine rings is 3. The Morgan fingerprint density at radius 1 is 0.820 bits per heavy atom. The zero-order chi connectivity index (χ0) is 42.1. The number of phenolic OH excluding ortho intramolecular Hbond substituents is 1. The van der Waals surface area contributed by atoms with Crippen LogP contribution in [-0.4, -0.2) is 71.0 Å². The number of aromatic amines is 1.